The van der Waals surface area contributed by atoms with Gasteiger partial charge in [0, 0.05) is 31.6 Å². The van der Waals surface area contributed by atoms with Crippen LogP contribution < -0.4 is 5.32 Å². The molecule has 3 aliphatic rings. The van der Waals surface area contributed by atoms with Crippen molar-refractivity contribution in [2.45, 2.75) is 56.3 Å². The van der Waals surface area contributed by atoms with Crippen LogP contribution in [-0.4, -0.2) is 75.9 Å². The van der Waals surface area contributed by atoms with E-state index in [1.54, 1.807) is 0 Å². The van der Waals surface area contributed by atoms with Crippen LogP contribution >= 0.6 is 0 Å². The number of carbonyl (C=O) groups is 2. The Bertz CT molecular complexity index is 430. The third kappa shape index (κ3) is 2.85. The molecule has 7 nitrogen and oxygen atoms in total. The molecule has 0 aromatic heterocycles. The van der Waals surface area contributed by atoms with Crippen molar-refractivity contribution in [3.05, 3.63) is 0 Å². The number of urea groups is 1. The van der Waals surface area contributed by atoms with Crippen LogP contribution in [0.4, 0.5) is 4.79 Å². The topological polar surface area (TPSA) is 93.1 Å². The minimum atomic E-state index is -1.05. The van der Waals surface area contributed by atoms with E-state index in [0.717, 1.165) is 25.9 Å². The van der Waals surface area contributed by atoms with Gasteiger partial charge >= 0.3 is 12.0 Å². The molecule has 118 valence electrons. The number of hydrogen-bond donors (Lipinski definition) is 3. The van der Waals surface area contributed by atoms with Crippen molar-refractivity contribution in [2.75, 3.05) is 19.6 Å². The maximum Gasteiger partial charge on any atom is 0.326 e. The summed E-state index contributed by atoms with van der Waals surface area (Å²) in [6.07, 6.45) is 3.79. The van der Waals surface area contributed by atoms with Gasteiger partial charge in [0.25, 0.3) is 0 Å². The highest BCUT2D eigenvalue weighted by molar-refractivity contribution is 5.83. The molecular formula is C14H23N3O4. The molecule has 7 heteroatoms. The number of hydrogen-bond acceptors (Lipinski definition) is 4. The smallest absolute Gasteiger partial charge is 0.326 e. The monoisotopic (exact) mass is 297 g/mol. The van der Waals surface area contributed by atoms with Crippen LogP contribution in [0, 0.1) is 0 Å². The van der Waals surface area contributed by atoms with Gasteiger partial charge in [0.2, 0.25) is 0 Å². The molecule has 0 saturated carbocycles. The quantitative estimate of drug-likeness (QED) is 0.659. The van der Waals surface area contributed by atoms with Crippen molar-refractivity contribution < 1.29 is 19.8 Å². The summed E-state index contributed by atoms with van der Waals surface area (Å²) < 4.78 is 0. The molecule has 2 unspecified atom stereocenters. The Morgan fingerprint density at radius 2 is 1.95 bits per heavy atom. The number of β-amino-alcohol motifs (C(OH)–C–C–N with tert-alkyl or cyclic N) is 1. The molecule has 2 amide bonds. The van der Waals surface area contributed by atoms with Crippen molar-refractivity contribution in [3.63, 3.8) is 0 Å². The molecule has 0 aromatic rings. The van der Waals surface area contributed by atoms with Gasteiger partial charge in [0.05, 0.1) is 6.10 Å². The van der Waals surface area contributed by atoms with Gasteiger partial charge in [-0.05, 0) is 25.8 Å². The Kier molecular flexibility index (Phi) is 4.03. The van der Waals surface area contributed by atoms with E-state index in [1.807, 2.05) is 0 Å². The van der Waals surface area contributed by atoms with Crippen molar-refractivity contribution in [1.82, 2.24) is 15.1 Å². The molecule has 0 aromatic carbocycles. The first-order valence-corrected chi connectivity index (χ1v) is 7.78. The lowest BCUT2D eigenvalue weighted by Gasteiger charge is -2.33. The minimum Gasteiger partial charge on any atom is -0.480 e. The number of nitrogens with one attached hydrogen (secondary N) is 1. The lowest BCUT2D eigenvalue weighted by Crippen LogP contribution is -2.53. The van der Waals surface area contributed by atoms with Crippen molar-refractivity contribution in [3.8, 4) is 0 Å². The lowest BCUT2D eigenvalue weighted by molar-refractivity contribution is -0.141. The number of nitrogens with zero attached hydrogens (tertiary/aromatic N) is 2. The number of fused-ring (bicyclic) bond motifs is 1. The molecule has 21 heavy (non-hydrogen) atoms. The first kappa shape index (κ1) is 14.6. The highest BCUT2D eigenvalue weighted by atomic mass is 16.4. The number of carboxylic acid groups (broad SMARTS) is 1. The maximum atomic E-state index is 12.4. The van der Waals surface area contributed by atoms with Gasteiger partial charge < -0.3 is 20.4 Å². The number of likely N-dealkylation sites (tertiary alicyclic amines) is 1. The van der Waals surface area contributed by atoms with Crippen molar-refractivity contribution >= 4 is 12.0 Å². The number of rotatable bonds is 2. The first-order valence-electron chi connectivity index (χ1n) is 7.78. The first-order chi connectivity index (χ1) is 10.1. The molecule has 3 saturated heterocycles. The number of carbonyl (C=O) groups excluding carboxylic acids is 1. The summed E-state index contributed by atoms with van der Waals surface area (Å²) in [6, 6.07) is -0.774. The fourth-order valence-corrected chi connectivity index (χ4v) is 3.93. The number of aliphatic hydroxyl groups is 1. The standard InChI is InChI=1S/C14H23N3O4/c18-9-7-12(13(19)20)17(8-9)14(21)15-10-4-6-16-5-2-1-3-11(10)16/h9-12,18H,1-8H2,(H,15,21)(H,19,20)/t9-,10?,11?,12+/m1/s1. The molecule has 3 N–H and O–H groups in total. The van der Waals surface area contributed by atoms with E-state index >= 15 is 0 Å². The van der Waals surface area contributed by atoms with Crippen LogP contribution in [0.5, 0.6) is 0 Å². The minimum absolute atomic E-state index is 0.101. The largest absolute Gasteiger partial charge is 0.480 e. The average Bonchev–Trinajstić information content (AvgIpc) is 3.03. The summed E-state index contributed by atoms with van der Waals surface area (Å²) in [5.74, 6) is -1.05. The second-order valence-electron chi connectivity index (χ2n) is 6.34. The predicted octanol–water partition coefficient (Wildman–Crippen LogP) is -0.157. The van der Waals surface area contributed by atoms with E-state index in [-0.39, 0.29) is 25.0 Å². The third-order valence-electron chi connectivity index (χ3n) is 4.99. The Hall–Kier alpha value is -1.34. The van der Waals surface area contributed by atoms with Gasteiger partial charge in [-0.2, -0.15) is 0 Å². The Morgan fingerprint density at radius 1 is 1.14 bits per heavy atom. The molecule has 0 spiro atoms. The van der Waals surface area contributed by atoms with E-state index in [4.69, 9.17) is 5.11 Å². The van der Waals surface area contributed by atoms with Crippen LogP contribution in [0.25, 0.3) is 0 Å². The van der Waals surface area contributed by atoms with Gasteiger partial charge in [-0.25, -0.2) is 9.59 Å². The Morgan fingerprint density at radius 3 is 2.71 bits per heavy atom. The van der Waals surface area contributed by atoms with Crippen LogP contribution in [0.2, 0.25) is 0 Å². The zero-order valence-electron chi connectivity index (χ0n) is 12.1. The molecule has 3 heterocycles. The van der Waals surface area contributed by atoms with Gasteiger partial charge in [-0.15, -0.1) is 0 Å². The van der Waals surface area contributed by atoms with E-state index < -0.39 is 18.1 Å². The molecule has 3 fully saturated rings. The van der Waals surface area contributed by atoms with E-state index in [1.165, 1.54) is 17.7 Å². The fourth-order valence-electron chi connectivity index (χ4n) is 3.93. The molecule has 3 aliphatic heterocycles. The van der Waals surface area contributed by atoms with Gasteiger partial charge in [0.1, 0.15) is 6.04 Å². The molecule has 0 aliphatic carbocycles. The normalized spacial score (nSPS) is 36.5. The predicted molar refractivity (Wildman–Crippen MR) is 74.9 cm³/mol. The van der Waals surface area contributed by atoms with Crippen molar-refractivity contribution in [2.24, 2.45) is 0 Å². The summed E-state index contributed by atoms with van der Waals surface area (Å²) in [6.45, 7) is 2.20. The highest BCUT2D eigenvalue weighted by Gasteiger charge is 2.42. The van der Waals surface area contributed by atoms with E-state index in [2.05, 4.69) is 10.2 Å². The average molecular weight is 297 g/mol. The third-order valence-corrected chi connectivity index (χ3v) is 4.99. The number of carboxylic acids is 1. The zero-order valence-corrected chi connectivity index (χ0v) is 12.1. The maximum absolute atomic E-state index is 12.4. The molecule has 0 bridgehead atoms. The SMILES string of the molecule is O=C(O)[C@@H]1C[C@@H](O)CN1C(=O)NC1CCN2CCCCC12. The van der Waals surface area contributed by atoms with E-state index in [9.17, 15) is 14.7 Å². The molecule has 4 atom stereocenters. The van der Waals surface area contributed by atoms with Crippen LogP contribution in [-0.2, 0) is 4.79 Å². The second kappa shape index (κ2) is 5.81. The lowest BCUT2D eigenvalue weighted by atomic mass is 9.99. The Balaban J connectivity index is 1.62. The van der Waals surface area contributed by atoms with E-state index in [0.29, 0.717) is 6.04 Å². The van der Waals surface area contributed by atoms with Gasteiger partial charge in [0.15, 0.2) is 0 Å². The van der Waals surface area contributed by atoms with Crippen LogP contribution in [0.1, 0.15) is 32.1 Å². The van der Waals surface area contributed by atoms with Crippen LogP contribution in [0.3, 0.4) is 0 Å². The van der Waals surface area contributed by atoms with Crippen molar-refractivity contribution in [1.29, 1.82) is 0 Å². The number of amides is 2. The number of aliphatic carboxylic acids is 1. The fraction of sp³-hybridized carbons (Fsp3) is 0.857. The number of aliphatic hydroxyl groups excluding tert-OH is 1. The molecular weight excluding hydrogens is 274 g/mol. The summed E-state index contributed by atoms with van der Waals surface area (Å²) in [5.41, 5.74) is 0. The van der Waals surface area contributed by atoms with Crippen LogP contribution in [0.15, 0.2) is 0 Å². The summed E-state index contributed by atoms with van der Waals surface area (Å²) in [7, 11) is 0. The molecule has 0 radical (unpaired) electrons. The Labute approximate surface area is 123 Å². The second-order valence-corrected chi connectivity index (χ2v) is 6.34. The summed E-state index contributed by atoms with van der Waals surface area (Å²) >= 11 is 0. The van der Waals surface area contributed by atoms with Gasteiger partial charge in [-0.1, -0.05) is 6.42 Å². The summed E-state index contributed by atoms with van der Waals surface area (Å²) in [5, 5.41) is 21.8. The molecule has 3 rings (SSSR count). The van der Waals surface area contributed by atoms with Gasteiger partial charge in [-0.3, -0.25) is 4.90 Å². The number of piperidine rings is 1. The highest BCUT2D eigenvalue weighted by Crippen LogP contribution is 2.27. The zero-order chi connectivity index (χ0) is 15.0. The summed E-state index contributed by atoms with van der Waals surface area (Å²) in [4.78, 5) is 27.2.